The molecule has 1 aliphatic heterocycles. The molecule has 0 aromatic heterocycles. The number of rotatable bonds is 8. The number of nitrogens with one attached hydrogen (secondary N) is 2. The SMILES string of the molecule is CCCNC(=O)CCC(=O)Nc1cc(CN2CCSCC2)ccc1C. The lowest BCUT2D eigenvalue weighted by atomic mass is 10.1. The summed E-state index contributed by atoms with van der Waals surface area (Å²) >= 11 is 2.00. The summed E-state index contributed by atoms with van der Waals surface area (Å²) in [5.74, 6) is 2.21. The number of aryl methyl sites for hydroxylation is 1. The molecule has 0 aliphatic carbocycles. The van der Waals surface area contributed by atoms with Crippen LogP contribution in [-0.4, -0.2) is 47.9 Å². The summed E-state index contributed by atoms with van der Waals surface area (Å²) < 4.78 is 0. The molecule has 1 fully saturated rings. The third kappa shape index (κ3) is 7.08. The molecule has 1 heterocycles. The van der Waals surface area contributed by atoms with E-state index < -0.39 is 0 Å². The summed E-state index contributed by atoms with van der Waals surface area (Å²) in [6.45, 7) is 7.82. The van der Waals surface area contributed by atoms with E-state index in [2.05, 4.69) is 33.7 Å². The zero-order chi connectivity index (χ0) is 18.1. The Bertz CT molecular complexity index is 586. The molecule has 2 N–H and O–H groups in total. The molecule has 2 rings (SSSR count). The van der Waals surface area contributed by atoms with Gasteiger partial charge in [-0.1, -0.05) is 19.1 Å². The topological polar surface area (TPSA) is 61.4 Å². The van der Waals surface area contributed by atoms with Crippen molar-refractivity contribution in [1.29, 1.82) is 0 Å². The smallest absolute Gasteiger partial charge is 0.224 e. The van der Waals surface area contributed by atoms with Gasteiger partial charge in [0.1, 0.15) is 0 Å². The van der Waals surface area contributed by atoms with Crippen molar-refractivity contribution in [2.75, 3.05) is 36.5 Å². The van der Waals surface area contributed by atoms with E-state index in [1.807, 2.05) is 25.6 Å². The first-order chi connectivity index (χ1) is 12.1. The highest BCUT2D eigenvalue weighted by atomic mass is 32.2. The number of benzene rings is 1. The normalized spacial score (nSPS) is 15.0. The molecule has 1 aromatic carbocycles. The number of hydrogen-bond acceptors (Lipinski definition) is 4. The minimum Gasteiger partial charge on any atom is -0.356 e. The molecule has 0 spiro atoms. The average Bonchev–Trinajstić information content (AvgIpc) is 2.62. The van der Waals surface area contributed by atoms with Crippen LogP contribution in [0.3, 0.4) is 0 Å². The van der Waals surface area contributed by atoms with Crippen molar-refractivity contribution in [1.82, 2.24) is 10.2 Å². The first-order valence-electron chi connectivity index (χ1n) is 9.04. The molecule has 0 radical (unpaired) electrons. The van der Waals surface area contributed by atoms with Gasteiger partial charge in [0.2, 0.25) is 11.8 Å². The van der Waals surface area contributed by atoms with Crippen LogP contribution in [0.2, 0.25) is 0 Å². The van der Waals surface area contributed by atoms with Gasteiger partial charge >= 0.3 is 0 Å². The van der Waals surface area contributed by atoms with Gasteiger partial charge in [-0.2, -0.15) is 11.8 Å². The predicted octanol–water partition coefficient (Wildman–Crippen LogP) is 2.79. The average molecular weight is 364 g/mol. The number of carbonyl (C=O) groups is 2. The Kier molecular flexibility index (Phi) is 8.28. The summed E-state index contributed by atoms with van der Waals surface area (Å²) in [7, 11) is 0. The highest BCUT2D eigenvalue weighted by molar-refractivity contribution is 7.99. The first kappa shape index (κ1) is 19.8. The molecule has 0 atom stereocenters. The molecule has 1 saturated heterocycles. The van der Waals surface area contributed by atoms with Crippen LogP contribution in [0.1, 0.15) is 37.3 Å². The molecule has 0 saturated carbocycles. The van der Waals surface area contributed by atoms with E-state index in [0.29, 0.717) is 6.54 Å². The fourth-order valence-corrected chi connectivity index (χ4v) is 3.69. The molecule has 0 unspecified atom stereocenters. The van der Waals surface area contributed by atoms with Crippen LogP contribution in [0, 0.1) is 6.92 Å². The quantitative estimate of drug-likeness (QED) is 0.746. The lowest BCUT2D eigenvalue weighted by Gasteiger charge is -2.26. The fraction of sp³-hybridized carbons (Fsp3) is 0.579. The Morgan fingerprint density at radius 3 is 2.60 bits per heavy atom. The van der Waals surface area contributed by atoms with Crippen molar-refractivity contribution < 1.29 is 9.59 Å². The number of carbonyl (C=O) groups excluding carboxylic acids is 2. The molecule has 0 bridgehead atoms. The molecular formula is C19H29N3O2S. The van der Waals surface area contributed by atoms with Gasteiger partial charge in [-0.15, -0.1) is 0 Å². The number of thioether (sulfide) groups is 1. The van der Waals surface area contributed by atoms with Crippen molar-refractivity contribution in [2.24, 2.45) is 0 Å². The molecule has 1 aliphatic rings. The van der Waals surface area contributed by atoms with Gasteiger partial charge in [0.15, 0.2) is 0 Å². The van der Waals surface area contributed by atoms with E-state index in [4.69, 9.17) is 0 Å². The number of anilines is 1. The van der Waals surface area contributed by atoms with Crippen LogP contribution in [0.5, 0.6) is 0 Å². The van der Waals surface area contributed by atoms with Crippen molar-refractivity contribution >= 4 is 29.3 Å². The summed E-state index contributed by atoms with van der Waals surface area (Å²) in [6.07, 6.45) is 1.35. The zero-order valence-electron chi connectivity index (χ0n) is 15.3. The second kappa shape index (κ2) is 10.5. The molecule has 6 heteroatoms. The maximum Gasteiger partial charge on any atom is 0.224 e. The minimum absolute atomic E-state index is 0.0644. The molecule has 138 valence electrons. The third-order valence-electron chi connectivity index (χ3n) is 4.24. The second-order valence-electron chi connectivity index (χ2n) is 6.44. The van der Waals surface area contributed by atoms with Crippen LogP contribution in [0.25, 0.3) is 0 Å². The predicted molar refractivity (Wildman–Crippen MR) is 105 cm³/mol. The monoisotopic (exact) mass is 363 g/mol. The first-order valence-corrected chi connectivity index (χ1v) is 10.2. The molecule has 1 aromatic rings. The lowest BCUT2D eigenvalue weighted by Crippen LogP contribution is -2.32. The van der Waals surface area contributed by atoms with Gasteiger partial charge in [-0.25, -0.2) is 0 Å². The molecular weight excluding hydrogens is 334 g/mol. The van der Waals surface area contributed by atoms with Gasteiger partial charge in [0.05, 0.1) is 0 Å². The van der Waals surface area contributed by atoms with Crippen molar-refractivity contribution in [3.63, 3.8) is 0 Å². The minimum atomic E-state index is -0.110. The van der Waals surface area contributed by atoms with E-state index in [0.717, 1.165) is 37.3 Å². The summed E-state index contributed by atoms with van der Waals surface area (Å²) in [5, 5.41) is 5.75. The zero-order valence-corrected chi connectivity index (χ0v) is 16.1. The van der Waals surface area contributed by atoms with Gasteiger partial charge < -0.3 is 10.6 Å². The van der Waals surface area contributed by atoms with Gasteiger partial charge in [0.25, 0.3) is 0 Å². The highest BCUT2D eigenvalue weighted by Gasteiger charge is 2.12. The van der Waals surface area contributed by atoms with E-state index in [1.165, 1.54) is 17.1 Å². The second-order valence-corrected chi connectivity index (χ2v) is 7.66. The third-order valence-corrected chi connectivity index (χ3v) is 5.18. The molecule has 25 heavy (non-hydrogen) atoms. The van der Waals surface area contributed by atoms with Gasteiger partial charge in [0, 0.05) is 56.2 Å². The summed E-state index contributed by atoms with van der Waals surface area (Å²) in [6, 6.07) is 6.24. The van der Waals surface area contributed by atoms with Crippen molar-refractivity contribution in [2.45, 2.75) is 39.7 Å². The van der Waals surface area contributed by atoms with E-state index in [1.54, 1.807) is 0 Å². The van der Waals surface area contributed by atoms with Gasteiger partial charge in [-0.05, 0) is 30.5 Å². The Balaban J connectivity index is 1.86. The number of nitrogens with zero attached hydrogens (tertiary/aromatic N) is 1. The number of hydrogen-bond donors (Lipinski definition) is 2. The highest BCUT2D eigenvalue weighted by Crippen LogP contribution is 2.20. The van der Waals surface area contributed by atoms with Gasteiger partial charge in [-0.3, -0.25) is 14.5 Å². The summed E-state index contributed by atoms with van der Waals surface area (Å²) in [5.41, 5.74) is 3.11. The van der Waals surface area contributed by atoms with E-state index in [9.17, 15) is 9.59 Å². The van der Waals surface area contributed by atoms with Crippen LogP contribution in [0.4, 0.5) is 5.69 Å². The fourth-order valence-electron chi connectivity index (χ4n) is 2.71. The molecule has 2 amide bonds. The van der Waals surface area contributed by atoms with E-state index >= 15 is 0 Å². The van der Waals surface area contributed by atoms with Crippen LogP contribution < -0.4 is 10.6 Å². The van der Waals surface area contributed by atoms with Crippen molar-refractivity contribution in [3.8, 4) is 0 Å². The summed E-state index contributed by atoms with van der Waals surface area (Å²) in [4.78, 5) is 26.2. The largest absolute Gasteiger partial charge is 0.356 e. The lowest BCUT2D eigenvalue weighted by molar-refractivity contribution is -0.124. The Morgan fingerprint density at radius 1 is 1.16 bits per heavy atom. The van der Waals surface area contributed by atoms with Crippen LogP contribution in [0.15, 0.2) is 18.2 Å². The van der Waals surface area contributed by atoms with E-state index in [-0.39, 0.29) is 24.7 Å². The Morgan fingerprint density at radius 2 is 1.88 bits per heavy atom. The number of amides is 2. The standard InChI is InChI=1S/C19H29N3O2S/c1-3-8-20-18(23)6-7-19(24)21-17-13-16(5-4-15(17)2)14-22-9-11-25-12-10-22/h4-5,13H,3,6-12,14H2,1-2H3,(H,20,23)(H,21,24). The molecule has 5 nitrogen and oxygen atoms in total. The Labute approximate surface area is 154 Å². The maximum absolute atomic E-state index is 12.1. The Hall–Kier alpha value is -1.53. The van der Waals surface area contributed by atoms with Crippen molar-refractivity contribution in [3.05, 3.63) is 29.3 Å². The maximum atomic E-state index is 12.1. The van der Waals surface area contributed by atoms with Crippen LogP contribution >= 0.6 is 11.8 Å². The van der Waals surface area contributed by atoms with Crippen LogP contribution in [-0.2, 0) is 16.1 Å².